The molecule has 5 heteroatoms. The van der Waals surface area contributed by atoms with Gasteiger partial charge in [0.1, 0.15) is 4.88 Å². The highest BCUT2D eigenvalue weighted by Crippen LogP contribution is 2.31. The van der Waals surface area contributed by atoms with Crippen molar-refractivity contribution in [3.63, 3.8) is 0 Å². The molecule has 1 N–H and O–H groups in total. The Morgan fingerprint density at radius 3 is 2.87 bits per heavy atom. The number of hydrogen-bond donors (Lipinski definition) is 1. The molecular formula is C10H12BrNO2S. The number of amides is 1. The molecule has 0 bridgehead atoms. The molecule has 15 heavy (non-hydrogen) atoms. The van der Waals surface area contributed by atoms with Gasteiger partial charge in [-0.15, -0.1) is 11.3 Å². The van der Waals surface area contributed by atoms with Crippen molar-refractivity contribution < 1.29 is 9.90 Å². The second-order valence-electron chi connectivity index (χ2n) is 3.55. The van der Waals surface area contributed by atoms with E-state index in [-0.39, 0.29) is 12.5 Å². The minimum absolute atomic E-state index is 0.0330. The molecule has 0 unspecified atom stereocenters. The summed E-state index contributed by atoms with van der Waals surface area (Å²) < 4.78 is 0.848. The number of halogens is 1. The van der Waals surface area contributed by atoms with Crippen molar-refractivity contribution in [2.45, 2.75) is 18.9 Å². The highest BCUT2D eigenvalue weighted by Gasteiger charge is 2.33. The predicted octanol–water partition coefficient (Wildman–Crippen LogP) is 2.11. The zero-order valence-corrected chi connectivity index (χ0v) is 10.6. The molecule has 0 spiro atoms. The van der Waals surface area contributed by atoms with Crippen molar-refractivity contribution in [3.05, 3.63) is 20.8 Å². The summed E-state index contributed by atoms with van der Waals surface area (Å²) in [5.74, 6) is 0.0356. The molecule has 1 aliphatic rings. The van der Waals surface area contributed by atoms with Gasteiger partial charge in [0, 0.05) is 17.1 Å². The SMILES string of the molecule is O=C(c1sccc1Br)N(CCO)C1CC1. The maximum Gasteiger partial charge on any atom is 0.265 e. The highest BCUT2D eigenvalue weighted by atomic mass is 79.9. The van der Waals surface area contributed by atoms with Gasteiger partial charge in [-0.1, -0.05) is 0 Å². The lowest BCUT2D eigenvalue weighted by Gasteiger charge is -2.20. The summed E-state index contributed by atoms with van der Waals surface area (Å²) in [5, 5.41) is 10.8. The third kappa shape index (κ3) is 2.41. The molecule has 1 heterocycles. The molecule has 1 fully saturated rings. The summed E-state index contributed by atoms with van der Waals surface area (Å²) in [5.41, 5.74) is 0. The molecular weight excluding hydrogens is 278 g/mol. The molecule has 2 rings (SSSR count). The summed E-state index contributed by atoms with van der Waals surface area (Å²) >= 11 is 4.79. The van der Waals surface area contributed by atoms with E-state index in [2.05, 4.69) is 15.9 Å². The molecule has 0 saturated heterocycles. The van der Waals surface area contributed by atoms with Crippen LogP contribution in [-0.2, 0) is 0 Å². The summed E-state index contributed by atoms with van der Waals surface area (Å²) in [4.78, 5) is 14.6. The normalized spacial score (nSPS) is 15.3. The Morgan fingerprint density at radius 1 is 1.67 bits per heavy atom. The lowest BCUT2D eigenvalue weighted by Crippen LogP contribution is -2.35. The van der Waals surface area contributed by atoms with Gasteiger partial charge in [0.25, 0.3) is 5.91 Å². The molecule has 1 aromatic rings. The van der Waals surface area contributed by atoms with Gasteiger partial charge in [-0.05, 0) is 40.2 Å². The molecule has 0 atom stereocenters. The van der Waals surface area contributed by atoms with E-state index in [0.29, 0.717) is 12.6 Å². The standard InChI is InChI=1S/C10H12BrNO2S/c11-8-3-6-15-9(8)10(14)12(4-5-13)7-1-2-7/h3,6-7,13H,1-2,4-5H2. The van der Waals surface area contributed by atoms with Crippen molar-refractivity contribution in [1.29, 1.82) is 0 Å². The van der Waals surface area contributed by atoms with Crippen LogP contribution in [0.3, 0.4) is 0 Å². The second-order valence-corrected chi connectivity index (χ2v) is 5.32. The van der Waals surface area contributed by atoms with Crippen molar-refractivity contribution in [1.82, 2.24) is 4.90 Å². The number of nitrogens with zero attached hydrogens (tertiary/aromatic N) is 1. The monoisotopic (exact) mass is 289 g/mol. The number of carbonyl (C=O) groups excluding carboxylic acids is 1. The Kier molecular flexibility index (Phi) is 3.43. The smallest absolute Gasteiger partial charge is 0.265 e. The molecule has 1 aliphatic carbocycles. The van der Waals surface area contributed by atoms with Crippen LogP contribution in [0.15, 0.2) is 15.9 Å². The quantitative estimate of drug-likeness (QED) is 0.922. The first-order valence-electron chi connectivity index (χ1n) is 4.89. The van der Waals surface area contributed by atoms with Gasteiger partial charge in [0.2, 0.25) is 0 Å². The van der Waals surface area contributed by atoms with Gasteiger partial charge in [-0.2, -0.15) is 0 Å². The fourth-order valence-corrected chi connectivity index (χ4v) is 3.02. The third-order valence-electron chi connectivity index (χ3n) is 2.40. The van der Waals surface area contributed by atoms with Crippen LogP contribution in [-0.4, -0.2) is 35.1 Å². The van der Waals surface area contributed by atoms with E-state index in [4.69, 9.17) is 5.11 Å². The molecule has 1 aromatic heterocycles. The van der Waals surface area contributed by atoms with Crippen LogP contribution in [0.2, 0.25) is 0 Å². The molecule has 82 valence electrons. The van der Waals surface area contributed by atoms with Crippen LogP contribution < -0.4 is 0 Å². The Morgan fingerprint density at radius 2 is 2.40 bits per heavy atom. The highest BCUT2D eigenvalue weighted by molar-refractivity contribution is 9.10. The predicted molar refractivity (Wildman–Crippen MR) is 63.2 cm³/mol. The second kappa shape index (κ2) is 4.63. The fraction of sp³-hybridized carbons (Fsp3) is 0.500. The summed E-state index contributed by atoms with van der Waals surface area (Å²) in [6.07, 6.45) is 2.13. The third-order valence-corrected chi connectivity index (χ3v) is 4.23. The fourth-order valence-electron chi connectivity index (χ4n) is 1.52. The lowest BCUT2D eigenvalue weighted by atomic mass is 10.3. The van der Waals surface area contributed by atoms with Gasteiger partial charge < -0.3 is 10.0 Å². The first kappa shape index (κ1) is 11.1. The number of thiophene rings is 1. The summed E-state index contributed by atoms with van der Waals surface area (Å²) in [7, 11) is 0. The Balaban J connectivity index is 2.14. The van der Waals surface area contributed by atoms with E-state index in [1.54, 1.807) is 4.90 Å². The average Bonchev–Trinajstić information content (AvgIpc) is 2.97. The number of aliphatic hydroxyl groups excluding tert-OH is 1. The summed E-state index contributed by atoms with van der Waals surface area (Å²) in [6, 6.07) is 2.22. The van der Waals surface area contributed by atoms with Gasteiger partial charge in [0.15, 0.2) is 0 Å². The van der Waals surface area contributed by atoms with E-state index in [9.17, 15) is 4.79 Å². The van der Waals surface area contributed by atoms with Crippen LogP contribution in [0.25, 0.3) is 0 Å². The lowest BCUT2D eigenvalue weighted by molar-refractivity contribution is 0.0711. The zero-order valence-electron chi connectivity index (χ0n) is 8.15. The summed E-state index contributed by atoms with van der Waals surface area (Å²) in [6.45, 7) is 0.471. The molecule has 3 nitrogen and oxygen atoms in total. The van der Waals surface area contributed by atoms with Crippen molar-refractivity contribution in [2.75, 3.05) is 13.2 Å². The molecule has 0 radical (unpaired) electrons. The van der Waals surface area contributed by atoms with Crippen molar-refractivity contribution in [2.24, 2.45) is 0 Å². The minimum atomic E-state index is 0.0330. The Bertz CT molecular complexity index is 362. The zero-order chi connectivity index (χ0) is 10.8. The largest absolute Gasteiger partial charge is 0.395 e. The van der Waals surface area contributed by atoms with Crippen LogP contribution in [0.5, 0.6) is 0 Å². The van der Waals surface area contributed by atoms with Gasteiger partial charge in [-0.25, -0.2) is 0 Å². The minimum Gasteiger partial charge on any atom is -0.395 e. The van der Waals surface area contributed by atoms with Crippen LogP contribution in [0.1, 0.15) is 22.5 Å². The number of hydrogen-bond acceptors (Lipinski definition) is 3. The molecule has 0 aromatic carbocycles. The van der Waals surface area contributed by atoms with Gasteiger partial charge >= 0.3 is 0 Å². The van der Waals surface area contributed by atoms with Crippen LogP contribution in [0.4, 0.5) is 0 Å². The first-order chi connectivity index (χ1) is 7.24. The maximum atomic E-state index is 12.1. The molecule has 0 aliphatic heterocycles. The number of aliphatic hydroxyl groups is 1. The number of rotatable bonds is 4. The molecule has 1 amide bonds. The van der Waals surface area contributed by atoms with Crippen molar-refractivity contribution in [3.8, 4) is 0 Å². The maximum absolute atomic E-state index is 12.1. The van der Waals surface area contributed by atoms with Gasteiger partial charge in [0.05, 0.1) is 6.61 Å². The average molecular weight is 290 g/mol. The Labute approximate surface area is 101 Å². The molecule has 1 saturated carbocycles. The number of carbonyl (C=O) groups is 1. The van der Waals surface area contributed by atoms with Crippen LogP contribution >= 0.6 is 27.3 Å². The van der Waals surface area contributed by atoms with E-state index in [1.165, 1.54) is 11.3 Å². The first-order valence-corrected chi connectivity index (χ1v) is 6.56. The van der Waals surface area contributed by atoms with E-state index < -0.39 is 0 Å². The topological polar surface area (TPSA) is 40.5 Å². The van der Waals surface area contributed by atoms with E-state index >= 15 is 0 Å². The van der Waals surface area contributed by atoms with E-state index in [1.807, 2.05) is 11.4 Å². The van der Waals surface area contributed by atoms with E-state index in [0.717, 1.165) is 22.2 Å². The van der Waals surface area contributed by atoms with Crippen LogP contribution in [0, 0.1) is 0 Å². The van der Waals surface area contributed by atoms with Gasteiger partial charge in [-0.3, -0.25) is 4.79 Å². The Hall–Kier alpha value is -0.390. The van der Waals surface area contributed by atoms with Crippen molar-refractivity contribution >= 4 is 33.2 Å².